The number of carbonyl (C=O) groups excluding carboxylic acids is 1. The van der Waals surface area contributed by atoms with Gasteiger partial charge < -0.3 is 20.5 Å². The van der Waals surface area contributed by atoms with Crippen molar-refractivity contribution in [2.45, 2.75) is 19.1 Å². The van der Waals surface area contributed by atoms with Crippen LogP contribution in [0, 0.1) is 0 Å². The van der Waals surface area contributed by atoms with Crippen LogP contribution in [0.1, 0.15) is 6.92 Å². The quantitative estimate of drug-likeness (QED) is 0.505. The van der Waals surface area contributed by atoms with Crippen LogP contribution in [0.25, 0.3) is 0 Å². The van der Waals surface area contributed by atoms with Crippen LogP contribution < -0.4 is 10.6 Å². The molecule has 2 unspecified atom stereocenters. The molecule has 1 aliphatic heterocycles. The zero-order chi connectivity index (χ0) is 8.97. The predicted molar refractivity (Wildman–Crippen MR) is 42.8 cm³/mol. The molecule has 0 saturated carbocycles. The summed E-state index contributed by atoms with van der Waals surface area (Å²) in [5.41, 5.74) is 0. The van der Waals surface area contributed by atoms with Gasteiger partial charge in [0.1, 0.15) is 0 Å². The monoisotopic (exact) mass is 174 g/mol. The molecule has 0 spiro atoms. The van der Waals surface area contributed by atoms with E-state index in [0.717, 1.165) is 0 Å². The molecule has 1 heterocycles. The van der Waals surface area contributed by atoms with Gasteiger partial charge in [-0.2, -0.15) is 0 Å². The van der Waals surface area contributed by atoms with E-state index in [4.69, 9.17) is 0 Å². The highest BCUT2D eigenvalue weighted by atomic mass is 16.5. The van der Waals surface area contributed by atoms with Gasteiger partial charge in [-0.05, 0) is 6.92 Å². The zero-order valence-corrected chi connectivity index (χ0v) is 7.04. The molecule has 0 aromatic carbocycles. The Morgan fingerprint density at radius 2 is 2.50 bits per heavy atom. The van der Waals surface area contributed by atoms with Crippen LogP contribution in [0.2, 0.25) is 0 Å². The van der Waals surface area contributed by atoms with Gasteiger partial charge >= 0.3 is 6.09 Å². The lowest BCUT2D eigenvalue weighted by Gasteiger charge is -2.14. The van der Waals surface area contributed by atoms with Gasteiger partial charge in [-0.15, -0.1) is 0 Å². The van der Waals surface area contributed by atoms with Gasteiger partial charge in [-0.3, -0.25) is 0 Å². The number of nitrogens with one attached hydrogen (secondary N) is 2. The molecule has 0 radical (unpaired) electrons. The van der Waals surface area contributed by atoms with Gasteiger partial charge in [-0.25, -0.2) is 4.79 Å². The van der Waals surface area contributed by atoms with E-state index in [0.29, 0.717) is 19.7 Å². The van der Waals surface area contributed by atoms with Gasteiger partial charge in [0.15, 0.2) is 0 Å². The fourth-order valence-corrected chi connectivity index (χ4v) is 1.14. The summed E-state index contributed by atoms with van der Waals surface area (Å²) in [6.07, 6.45) is -0.973. The highest BCUT2D eigenvalue weighted by Crippen LogP contribution is 1.98. The lowest BCUT2D eigenvalue weighted by molar-refractivity contribution is 0.127. The molecular formula is C7H14N2O3. The molecule has 1 amide bonds. The Morgan fingerprint density at radius 1 is 1.75 bits per heavy atom. The highest BCUT2D eigenvalue weighted by Gasteiger charge is 2.26. The summed E-state index contributed by atoms with van der Waals surface area (Å²) in [7, 11) is 0. The van der Waals surface area contributed by atoms with Crippen molar-refractivity contribution in [1.29, 1.82) is 0 Å². The lowest BCUT2D eigenvalue weighted by atomic mass is 10.2. The van der Waals surface area contributed by atoms with E-state index in [1.54, 1.807) is 6.92 Å². The molecule has 70 valence electrons. The van der Waals surface area contributed by atoms with E-state index in [9.17, 15) is 9.90 Å². The summed E-state index contributed by atoms with van der Waals surface area (Å²) in [5.74, 6) is 0. The molecule has 1 aliphatic rings. The number of hydrogen-bond acceptors (Lipinski definition) is 4. The topological polar surface area (TPSA) is 70.6 Å². The molecule has 2 atom stereocenters. The average Bonchev–Trinajstić information content (AvgIpc) is 2.37. The number of amides is 1. The average molecular weight is 174 g/mol. The summed E-state index contributed by atoms with van der Waals surface area (Å²) in [6, 6.07) is -0.218. The fraction of sp³-hybridized carbons (Fsp3) is 0.857. The third kappa shape index (κ3) is 2.35. The molecule has 0 bridgehead atoms. The Morgan fingerprint density at radius 3 is 3.00 bits per heavy atom. The van der Waals surface area contributed by atoms with E-state index >= 15 is 0 Å². The first-order valence-corrected chi connectivity index (χ1v) is 4.06. The molecule has 1 rings (SSSR count). The second-order valence-corrected chi connectivity index (χ2v) is 2.70. The second-order valence-electron chi connectivity index (χ2n) is 2.70. The van der Waals surface area contributed by atoms with Gasteiger partial charge in [0.25, 0.3) is 0 Å². The fourth-order valence-electron chi connectivity index (χ4n) is 1.14. The molecule has 0 aromatic rings. The van der Waals surface area contributed by atoms with Gasteiger partial charge in [0.05, 0.1) is 18.8 Å². The number of carbonyl (C=O) groups is 1. The predicted octanol–water partition coefficient (Wildman–Crippen LogP) is -0.935. The maximum Gasteiger partial charge on any atom is 0.407 e. The van der Waals surface area contributed by atoms with Crippen LogP contribution in [0.4, 0.5) is 4.79 Å². The van der Waals surface area contributed by atoms with Crippen molar-refractivity contribution in [2.24, 2.45) is 0 Å². The van der Waals surface area contributed by atoms with E-state index < -0.39 is 12.2 Å². The molecule has 5 nitrogen and oxygen atoms in total. The van der Waals surface area contributed by atoms with Crippen molar-refractivity contribution in [3.8, 4) is 0 Å². The second kappa shape index (κ2) is 4.27. The van der Waals surface area contributed by atoms with E-state index in [2.05, 4.69) is 15.4 Å². The number of ether oxygens (including phenoxy) is 1. The molecule has 1 saturated heterocycles. The first-order chi connectivity index (χ1) is 5.74. The third-order valence-electron chi connectivity index (χ3n) is 1.76. The van der Waals surface area contributed by atoms with Crippen LogP contribution in [0.5, 0.6) is 0 Å². The summed E-state index contributed by atoms with van der Waals surface area (Å²) >= 11 is 0. The van der Waals surface area contributed by atoms with E-state index in [1.807, 2.05) is 0 Å². The first kappa shape index (κ1) is 9.28. The van der Waals surface area contributed by atoms with Crippen molar-refractivity contribution in [2.75, 3.05) is 19.7 Å². The van der Waals surface area contributed by atoms with Crippen molar-refractivity contribution in [3.05, 3.63) is 0 Å². The number of aliphatic hydroxyl groups excluding tert-OH is 1. The minimum absolute atomic E-state index is 0.218. The van der Waals surface area contributed by atoms with Crippen LogP contribution in [0.3, 0.4) is 0 Å². The van der Waals surface area contributed by atoms with Gasteiger partial charge in [0.2, 0.25) is 0 Å². The molecule has 0 aromatic heterocycles. The summed E-state index contributed by atoms with van der Waals surface area (Å²) in [6.45, 7) is 3.21. The third-order valence-corrected chi connectivity index (χ3v) is 1.76. The molecular weight excluding hydrogens is 160 g/mol. The van der Waals surface area contributed by atoms with Crippen molar-refractivity contribution in [3.63, 3.8) is 0 Å². The summed E-state index contributed by atoms with van der Waals surface area (Å²) in [5, 5.41) is 14.8. The number of rotatable bonds is 2. The standard InChI is InChI=1S/C7H14N2O3/c1-2-12-7(11)9-5-3-8-4-6(5)10/h5-6,8,10H,2-4H2,1H3,(H,9,11). The normalized spacial score (nSPS) is 28.5. The van der Waals surface area contributed by atoms with Gasteiger partial charge in [-0.1, -0.05) is 0 Å². The molecule has 5 heteroatoms. The lowest BCUT2D eigenvalue weighted by Crippen LogP contribution is -2.42. The van der Waals surface area contributed by atoms with Crippen LogP contribution in [-0.2, 0) is 4.74 Å². The maximum absolute atomic E-state index is 10.9. The Bertz CT molecular complexity index is 163. The largest absolute Gasteiger partial charge is 0.450 e. The first-order valence-electron chi connectivity index (χ1n) is 4.06. The summed E-state index contributed by atoms with van der Waals surface area (Å²) in [4.78, 5) is 10.9. The molecule has 12 heavy (non-hydrogen) atoms. The van der Waals surface area contributed by atoms with Crippen molar-refractivity contribution >= 4 is 6.09 Å². The molecule has 0 aliphatic carbocycles. The SMILES string of the molecule is CCOC(=O)NC1CNCC1O. The molecule has 1 fully saturated rings. The number of alkyl carbamates (subject to hydrolysis) is 1. The number of aliphatic hydroxyl groups is 1. The Hall–Kier alpha value is -0.810. The van der Waals surface area contributed by atoms with E-state index in [1.165, 1.54) is 0 Å². The van der Waals surface area contributed by atoms with Crippen LogP contribution >= 0.6 is 0 Å². The Balaban J connectivity index is 2.25. The highest BCUT2D eigenvalue weighted by molar-refractivity contribution is 5.67. The van der Waals surface area contributed by atoms with Crippen molar-refractivity contribution in [1.82, 2.24) is 10.6 Å². The van der Waals surface area contributed by atoms with E-state index in [-0.39, 0.29) is 6.04 Å². The number of β-amino-alcohol motifs (C(OH)–C–C–N with tert-alkyl or cyclic N) is 1. The number of hydrogen-bond donors (Lipinski definition) is 3. The van der Waals surface area contributed by atoms with Gasteiger partial charge in [0, 0.05) is 13.1 Å². The minimum atomic E-state index is -0.505. The maximum atomic E-state index is 10.9. The summed E-state index contributed by atoms with van der Waals surface area (Å²) < 4.78 is 4.66. The van der Waals surface area contributed by atoms with Crippen LogP contribution in [0.15, 0.2) is 0 Å². The zero-order valence-electron chi connectivity index (χ0n) is 7.04. The minimum Gasteiger partial charge on any atom is -0.450 e. The smallest absolute Gasteiger partial charge is 0.407 e. The Labute approximate surface area is 71.1 Å². The Kier molecular flexibility index (Phi) is 3.31. The molecule has 3 N–H and O–H groups in total. The van der Waals surface area contributed by atoms with Crippen LogP contribution in [-0.4, -0.2) is 43.0 Å². The van der Waals surface area contributed by atoms with Crippen molar-refractivity contribution < 1.29 is 14.6 Å².